The highest BCUT2D eigenvalue weighted by atomic mass is 32.2. The van der Waals surface area contributed by atoms with Crippen molar-refractivity contribution in [2.24, 2.45) is 0 Å². The summed E-state index contributed by atoms with van der Waals surface area (Å²) in [4.78, 5) is 4.73. The van der Waals surface area contributed by atoms with Crippen LogP contribution < -0.4 is 0 Å². The first-order valence-electron chi connectivity index (χ1n) is 7.92. The van der Waals surface area contributed by atoms with Crippen LogP contribution in [-0.2, 0) is 5.75 Å². The molecule has 3 aromatic carbocycles. The number of aromatic nitrogens is 1. The van der Waals surface area contributed by atoms with E-state index in [1.807, 2.05) is 42.1 Å². The van der Waals surface area contributed by atoms with Gasteiger partial charge < -0.3 is 4.42 Å². The van der Waals surface area contributed by atoms with Gasteiger partial charge >= 0.3 is 0 Å². The summed E-state index contributed by atoms with van der Waals surface area (Å²) in [5.74, 6) is 2.53. The normalized spacial score (nSPS) is 11.2. The fraction of sp³-hybridized carbons (Fsp3) is 0.0952. The molecule has 0 radical (unpaired) electrons. The molecule has 0 aliphatic carbocycles. The van der Waals surface area contributed by atoms with Crippen molar-refractivity contribution in [1.82, 2.24) is 4.98 Å². The number of thioether (sulfide) groups is 1. The molecule has 0 aliphatic rings. The first kappa shape index (κ1) is 15.0. The predicted molar refractivity (Wildman–Crippen MR) is 103 cm³/mol. The van der Waals surface area contributed by atoms with Crippen LogP contribution >= 0.6 is 11.8 Å². The van der Waals surface area contributed by atoms with E-state index < -0.39 is 0 Å². The van der Waals surface area contributed by atoms with Crippen LogP contribution in [0.5, 0.6) is 0 Å². The molecule has 0 aliphatic heterocycles. The van der Waals surface area contributed by atoms with Gasteiger partial charge in [-0.25, -0.2) is 4.98 Å². The number of para-hydroxylation sites is 2. The molecule has 0 atom stereocenters. The van der Waals surface area contributed by atoms with Crippen molar-refractivity contribution in [3.05, 3.63) is 78.9 Å². The van der Waals surface area contributed by atoms with Gasteiger partial charge in [-0.3, -0.25) is 0 Å². The summed E-state index contributed by atoms with van der Waals surface area (Å²) < 4.78 is 6.07. The van der Waals surface area contributed by atoms with Gasteiger partial charge in [0.1, 0.15) is 5.52 Å². The Balaban J connectivity index is 1.92. The monoisotopic (exact) mass is 331 g/mol. The third kappa shape index (κ3) is 2.72. The maximum atomic E-state index is 6.07. The van der Waals surface area contributed by atoms with E-state index >= 15 is 0 Å². The second-order valence-electron chi connectivity index (χ2n) is 5.61. The van der Waals surface area contributed by atoms with Gasteiger partial charge in [-0.2, -0.15) is 11.8 Å². The number of nitrogens with zero attached hydrogens (tertiary/aromatic N) is 1. The quantitative estimate of drug-likeness (QED) is 0.328. The maximum absolute atomic E-state index is 6.07. The van der Waals surface area contributed by atoms with Gasteiger partial charge in [-0.15, -0.1) is 6.58 Å². The van der Waals surface area contributed by atoms with Crippen LogP contribution in [0.4, 0.5) is 0 Å². The number of hydrogen-bond donors (Lipinski definition) is 0. The van der Waals surface area contributed by atoms with Crippen molar-refractivity contribution in [2.75, 3.05) is 5.75 Å². The highest BCUT2D eigenvalue weighted by Crippen LogP contribution is 2.35. The van der Waals surface area contributed by atoms with E-state index in [-0.39, 0.29) is 0 Å². The lowest BCUT2D eigenvalue weighted by Crippen LogP contribution is -1.91. The Kier molecular flexibility index (Phi) is 4.09. The fourth-order valence-electron chi connectivity index (χ4n) is 2.92. The lowest BCUT2D eigenvalue weighted by atomic mass is 9.99. The van der Waals surface area contributed by atoms with Crippen molar-refractivity contribution < 1.29 is 4.42 Å². The van der Waals surface area contributed by atoms with Gasteiger partial charge in [-0.1, -0.05) is 54.6 Å². The number of oxazole rings is 1. The minimum atomic E-state index is 0.696. The molecule has 0 fully saturated rings. The standard InChI is InChI=1S/C21H17NOS/c1-2-13-24-14-16-12-11-15-7-3-4-8-17(15)20(16)21-22-18-9-5-6-10-19(18)23-21/h2-12H,1,13-14H2. The molecule has 4 aromatic rings. The minimum absolute atomic E-state index is 0.696. The van der Waals surface area contributed by atoms with Gasteiger partial charge in [0, 0.05) is 17.1 Å². The zero-order valence-corrected chi connectivity index (χ0v) is 14.1. The van der Waals surface area contributed by atoms with Crippen LogP contribution in [0.2, 0.25) is 0 Å². The van der Waals surface area contributed by atoms with E-state index in [4.69, 9.17) is 9.40 Å². The van der Waals surface area contributed by atoms with Gasteiger partial charge in [0.05, 0.1) is 0 Å². The van der Waals surface area contributed by atoms with Crippen molar-refractivity contribution in [3.63, 3.8) is 0 Å². The van der Waals surface area contributed by atoms with Gasteiger partial charge in [-0.05, 0) is 28.5 Å². The van der Waals surface area contributed by atoms with Crippen LogP contribution in [0.25, 0.3) is 33.3 Å². The van der Waals surface area contributed by atoms with E-state index in [0.29, 0.717) is 5.89 Å². The van der Waals surface area contributed by atoms with Crippen LogP contribution in [-0.4, -0.2) is 10.7 Å². The second kappa shape index (κ2) is 6.54. The van der Waals surface area contributed by atoms with E-state index in [2.05, 4.69) is 43.0 Å². The fourth-order valence-corrected chi connectivity index (χ4v) is 3.67. The molecule has 0 saturated heterocycles. The predicted octanol–water partition coefficient (Wildman–Crippen LogP) is 6.07. The Bertz CT molecular complexity index is 986. The van der Waals surface area contributed by atoms with Gasteiger partial charge in [0.25, 0.3) is 0 Å². The van der Waals surface area contributed by atoms with Crippen LogP contribution in [0.3, 0.4) is 0 Å². The number of fused-ring (bicyclic) bond motifs is 2. The summed E-state index contributed by atoms with van der Waals surface area (Å²) in [6.07, 6.45) is 1.94. The summed E-state index contributed by atoms with van der Waals surface area (Å²) in [7, 11) is 0. The Hall–Kier alpha value is -2.52. The van der Waals surface area contributed by atoms with Crippen LogP contribution in [0, 0.1) is 0 Å². The van der Waals surface area contributed by atoms with E-state index in [1.165, 1.54) is 16.3 Å². The highest BCUT2D eigenvalue weighted by molar-refractivity contribution is 7.98. The van der Waals surface area contributed by atoms with E-state index in [0.717, 1.165) is 28.2 Å². The molecular weight excluding hydrogens is 314 g/mol. The van der Waals surface area contributed by atoms with Crippen LogP contribution in [0.1, 0.15) is 5.56 Å². The zero-order valence-electron chi connectivity index (χ0n) is 13.2. The molecule has 0 amide bonds. The number of benzene rings is 3. The van der Waals surface area contributed by atoms with E-state index in [1.54, 1.807) is 0 Å². The lowest BCUT2D eigenvalue weighted by molar-refractivity contribution is 0.620. The van der Waals surface area contributed by atoms with E-state index in [9.17, 15) is 0 Å². The molecule has 0 bridgehead atoms. The minimum Gasteiger partial charge on any atom is -0.436 e. The summed E-state index contributed by atoms with van der Waals surface area (Å²) in [6, 6.07) is 20.7. The average molecular weight is 331 g/mol. The Morgan fingerprint density at radius 3 is 2.71 bits per heavy atom. The third-order valence-electron chi connectivity index (χ3n) is 4.02. The Labute approximate surface area is 145 Å². The van der Waals surface area contributed by atoms with Crippen molar-refractivity contribution in [1.29, 1.82) is 0 Å². The van der Waals surface area contributed by atoms with Crippen LogP contribution in [0.15, 0.2) is 77.7 Å². The first-order valence-corrected chi connectivity index (χ1v) is 9.07. The van der Waals surface area contributed by atoms with Gasteiger partial charge in [0.15, 0.2) is 5.58 Å². The molecule has 24 heavy (non-hydrogen) atoms. The molecule has 0 N–H and O–H groups in total. The highest BCUT2D eigenvalue weighted by Gasteiger charge is 2.15. The Morgan fingerprint density at radius 1 is 1.00 bits per heavy atom. The molecule has 1 heterocycles. The molecule has 0 saturated carbocycles. The third-order valence-corrected chi connectivity index (χ3v) is 5.00. The Morgan fingerprint density at radius 2 is 1.83 bits per heavy atom. The molecule has 0 spiro atoms. The molecule has 118 valence electrons. The molecule has 3 heteroatoms. The summed E-state index contributed by atoms with van der Waals surface area (Å²) in [6.45, 7) is 3.80. The number of rotatable bonds is 5. The smallest absolute Gasteiger partial charge is 0.228 e. The lowest BCUT2D eigenvalue weighted by Gasteiger charge is -2.10. The second-order valence-corrected chi connectivity index (χ2v) is 6.64. The van der Waals surface area contributed by atoms with Crippen molar-refractivity contribution >= 4 is 33.6 Å². The molecule has 4 rings (SSSR count). The first-order chi connectivity index (χ1) is 11.9. The molecular formula is C21H17NOS. The summed E-state index contributed by atoms with van der Waals surface area (Å²) in [5.41, 5.74) is 4.06. The molecule has 1 aromatic heterocycles. The van der Waals surface area contributed by atoms with Gasteiger partial charge in [0.2, 0.25) is 5.89 Å². The topological polar surface area (TPSA) is 26.0 Å². The summed E-state index contributed by atoms with van der Waals surface area (Å²) in [5, 5.41) is 2.38. The zero-order chi connectivity index (χ0) is 16.4. The largest absolute Gasteiger partial charge is 0.436 e. The average Bonchev–Trinajstić information content (AvgIpc) is 3.05. The van der Waals surface area contributed by atoms with Crippen molar-refractivity contribution in [3.8, 4) is 11.5 Å². The van der Waals surface area contributed by atoms with Crippen molar-refractivity contribution in [2.45, 2.75) is 5.75 Å². The molecule has 0 unspecified atom stereocenters. The summed E-state index contributed by atoms with van der Waals surface area (Å²) >= 11 is 1.84. The SMILES string of the molecule is C=CCSCc1ccc2ccccc2c1-c1nc2ccccc2o1. The number of hydrogen-bond acceptors (Lipinski definition) is 3. The molecule has 2 nitrogen and oxygen atoms in total. The maximum Gasteiger partial charge on any atom is 0.228 e.